The Morgan fingerprint density at radius 1 is 1.18 bits per heavy atom. The molecule has 0 bridgehead atoms. The number of sulfone groups is 1. The second-order valence-corrected chi connectivity index (χ2v) is 11.7. The van der Waals surface area contributed by atoms with Crippen LogP contribution in [-0.2, 0) is 21.2 Å². The van der Waals surface area contributed by atoms with Crippen molar-refractivity contribution < 1.29 is 17.6 Å². The highest BCUT2D eigenvalue weighted by Gasteiger charge is 2.44. The Morgan fingerprint density at radius 3 is 2.59 bits per heavy atom. The smallest absolute Gasteiger partial charge is 0.185 e. The highest BCUT2D eigenvalue weighted by atomic mass is 32.2. The van der Waals surface area contributed by atoms with Crippen molar-refractivity contribution in [1.82, 2.24) is 19.9 Å². The van der Waals surface area contributed by atoms with Crippen molar-refractivity contribution in [1.29, 1.82) is 0 Å². The number of likely N-dealkylation sites (tertiary alicyclic amines) is 1. The SMILES string of the molecule is CN1CCC(C)(S(=O)(=O)c2ccc(-c3ccc(C4=NO[C@@H](Cn5ccnn5)C4)cc3F)cc2)C1. The molecule has 3 heterocycles. The zero-order chi connectivity index (χ0) is 23.9. The number of hydrogen-bond donors (Lipinski definition) is 0. The minimum atomic E-state index is -3.50. The molecule has 2 aromatic carbocycles. The molecule has 0 saturated carbocycles. The Bertz CT molecular complexity index is 1330. The molecule has 34 heavy (non-hydrogen) atoms. The molecule has 0 amide bonds. The minimum absolute atomic E-state index is 0.185. The third-order valence-corrected chi connectivity index (χ3v) is 9.17. The van der Waals surface area contributed by atoms with E-state index in [1.165, 1.54) is 6.07 Å². The average molecular weight is 484 g/mol. The van der Waals surface area contributed by atoms with Crippen molar-refractivity contribution in [3.8, 4) is 11.1 Å². The summed E-state index contributed by atoms with van der Waals surface area (Å²) in [5.41, 5.74) is 2.34. The maximum Gasteiger partial charge on any atom is 0.185 e. The summed E-state index contributed by atoms with van der Waals surface area (Å²) in [5, 5.41) is 11.8. The van der Waals surface area contributed by atoms with Crippen molar-refractivity contribution in [3.05, 3.63) is 66.2 Å². The molecule has 1 fully saturated rings. The topological polar surface area (TPSA) is 89.7 Å². The van der Waals surface area contributed by atoms with Crippen molar-refractivity contribution in [2.75, 3.05) is 20.1 Å². The Labute approximate surface area is 197 Å². The van der Waals surface area contributed by atoms with E-state index in [4.69, 9.17) is 4.84 Å². The van der Waals surface area contributed by atoms with Gasteiger partial charge in [-0.25, -0.2) is 17.5 Å². The molecule has 0 spiro atoms. The average Bonchev–Trinajstić information content (AvgIpc) is 3.57. The fraction of sp³-hybridized carbons (Fsp3) is 0.375. The van der Waals surface area contributed by atoms with Gasteiger partial charge in [-0.3, -0.25) is 0 Å². The number of oxime groups is 1. The normalized spacial score (nSPS) is 23.1. The van der Waals surface area contributed by atoms with Crippen LogP contribution >= 0.6 is 0 Å². The van der Waals surface area contributed by atoms with Gasteiger partial charge in [-0.15, -0.1) is 5.10 Å². The van der Waals surface area contributed by atoms with E-state index in [0.717, 1.165) is 6.54 Å². The van der Waals surface area contributed by atoms with Gasteiger partial charge in [-0.2, -0.15) is 0 Å². The number of benzene rings is 2. The van der Waals surface area contributed by atoms with Gasteiger partial charge in [0.15, 0.2) is 15.9 Å². The lowest BCUT2D eigenvalue weighted by molar-refractivity contribution is 0.0693. The van der Waals surface area contributed by atoms with E-state index in [-0.39, 0.29) is 11.0 Å². The molecule has 2 atom stereocenters. The van der Waals surface area contributed by atoms with Crippen molar-refractivity contribution in [3.63, 3.8) is 0 Å². The molecule has 0 aliphatic carbocycles. The minimum Gasteiger partial charge on any atom is -0.390 e. The van der Waals surface area contributed by atoms with Crippen molar-refractivity contribution >= 4 is 15.5 Å². The van der Waals surface area contributed by atoms with E-state index in [1.54, 1.807) is 60.4 Å². The first kappa shape index (κ1) is 22.7. The first-order chi connectivity index (χ1) is 16.2. The molecule has 2 aliphatic heterocycles. The van der Waals surface area contributed by atoms with Gasteiger partial charge in [-0.05, 0) is 50.7 Å². The second kappa shape index (κ2) is 8.59. The molecule has 0 radical (unpaired) electrons. The maximum atomic E-state index is 15.0. The first-order valence-corrected chi connectivity index (χ1v) is 12.6. The van der Waals surface area contributed by atoms with Crippen LogP contribution in [0.5, 0.6) is 0 Å². The van der Waals surface area contributed by atoms with Gasteiger partial charge >= 0.3 is 0 Å². The Balaban J connectivity index is 1.31. The van der Waals surface area contributed by atoms with Crippen LogP contribution in [0, 0.1) is 5.82 Å². The van der Waals surface area contributed by atoms with Gasteiger partial charge in [-0.1, -0.05) is 34.6 Å². The summed E-state index contributed by atoms with van der Waals surface area (Å²) in [6, 6.07) is 11.4. The van der Waals surface area contributed by atoms with Crippen LogP contribution in [0.2, 0.25) is 0 Å². The molecule has 5 rings (SSSR count). The van der Waals surface area contributed by atoms with E-state index >= 15 is 4.39 Å². The third-order valence-electron chi connectivity index (χ3n) is 6.65. The molecule has 2 aliphatic rings. The largest absolute Gasteiger partial charge is 0.390 e. The maximum absolute atomic E-state index is 15.0. The Hall–Kier alpha value is -3.11. The van der Waals surface area contributed by atoms with E-state index < -0.39 is 20.4 Å². The van der Waals surface area contributed by atoms with Gasteiger partial charge in [0.05, 0.1) is 28.1 Å². The number of aromatic nitrogens is 3. The molecule has 1 unspecified atom stereocenters. The molecule has 1 aromatic heterocycles. The van der Waals surface area contributed by atoms with Crippen LogP contribution in [0.25, 0.3) is 11.1 Å². The lowest BCUT2D eigenvalue weighted by Gasteiger charge is -2.24. The van der Waals surface area contributed by atoms with Crippen LogP contribution in [-0.4, -0.2) is 65.0 Å². The third kappa shape index (κ3) is 4.12. The first-order valence-electron chi connectivity index (χ1n) is 11.2. The van der Waals surface area contributed by atoms with E-state index in [1.807, 2.05) is 11.9 Å². The quantitative estimate of drug-likeness (QED) is 0.535. The molecule has 178 valence electrons. The van der Waals surface area contributed by atoms with E-state index in [9.17, 15) is 8.42 Å². The lowest BCUT2D eigenvalue weighted by atomic mass is 9.99. The summed E-state index contributed by atoms with van der Waals surface area (Å²) in [7, 11) is -1.57. The zero-order valence-corrected chi connectivity index (χ0v) is 19.9. The molecule has 3 aromatic rings. The van der Waals surface area contributed by atoms with Gasteiger partial charge in [0.2, 0.25) is 0 Å². The lowest BCUT2D eigenvalue weighted by Crippen LogP contribution is -2.37. The fourth-order valence-electron chi connectivity index (χ4n) is 4.64. The summed E-state index contributed by atoms with van der Waals surface area (Å²) >= 11 is 0. The van der Waals surface area contributed by atoms with Gasteiger partial charge in [0.1, 0.15) is 5.82 Å². The van der Waals surface area contributed by atoms with Crippen LogP contribution < -0.4 is 0 Å². The van der Waals surface area contributed by atoms with E-state index in [2.05, 4.69) is 15.5 Å². The molecule has 1 saturated heterocycles. The Morgan fingerprint density at radius 2 is 1.94 bits per heavy atom. The van der Waals surface area contributed by atoms with Crippen molar-refractivity contribution in [2.24, 2.45) is 5.16 Å². The molecule has 8 nitrogen and oxygen atoms in total. The predicted molar refractivity (Wildman–Crippen MR) is 126 cm³/mol. The van der Waals surface area contributed by atoms with Gasteiger partial charge < -0.3 is 9.74 Å². The summed E-state index contributed by atoms with van der Waals surface area (Å²) in [6.45, 7) is 3.56. The molecule has 10 heteroatoms. The summed E-state index contributed by atoms with van der Waals surface area (Å²) < 4.78 is 42.3. The van der Waals surface area contributed by atoms with Crippen LogP contribution in [0.4, 0.5) is 4.39 Å². The standard InChI is InChI=1S/C24H26FN5O3S/c1-24(9-11-29(2)16-24)34(31,32)20-6-3-17(4-7-20)21-8-5-18(13-22(21)25)23-14-19(33-27-23)15-30-12-10-26-28-30/h3-8,10,12-13,19H,9,11,14-16H2,1-2H3/t19-,24?/m1/s1. The molecular weight excluding hydrogens is 457 g/mol. The number of rotatable bonds is 6. The highest BCUT2D eigenvalue weighted by molar-refractivity contribution is 7.92. The van der Waals surface area contributed by atoms with E-state index in [0.29, 0.717) is 48.3 Å². The monoisotopic (exact) mass is 483 g/mol. The van der Waals surface area contributed by atoms with Crippen LogP contribution in [0.1, 0.15) is 25.3 Å². The number of nitrogens with zero attached hydrogens (tertiary/aromatic N) is 5. The number of halogens is 1. The summed E-state index contributed by atoms with van der Waals surface area (Å²) in [4.78, 5) is 7.76. The van der Waals surface area contributed by atoms with Crippen molar-refractivity contribution in [2.45, 2.75) is 42.1 Å². The second-order valence-electron chi connectivity index (χ2n) is 9.25. The van der Waals surface area contributed by atoms with Crippen LogP contribution in [0.15, 0.2) is 64.9 Å². The summed E-state index contributed by atoms with van der Waals surface area (Å²) in [5.74, 6) is -0.403. The fourth-order valence-corrected chi connectivity index (χ4v) is 6.45. The van der Waals surface area contributed by atoms with Gasteiger partial charge in [0.25, 0.3) is 0 Å². The summed E-state index contributed by atoms with van der Waals surface area (Å²) in [6.07, 6.45) is 4.30. The zero-order valence-electron chi connectivity index (χ0n) is 19.1. The van der Waals surface area contributed by atoms with Gasteiger partial charge in [0, 0.05) is 30.3 Å². The number of hydrogen-bond acceptors (Lipinski definition) is 7. The molecular formula is C24H26FN5O3S. The van der Waals surface area contributed by atoms with Crippen LogP contribution in [0.3, 0.4) is 0 Å². The Kier molecular flexibility index (Phi) is 5.73. The highest BCUT2D eigenvalue weighted by Crippen LogP contribution is 2.35. The predicted octanol–water partition coefficient (Wildman–Crippen LogP) is 3.15. The molecule has 0 N–H and O–H groups in total.